The topological polar surface area (TPSA) is 94.1 Å². The van der Waals surface area contributed by atoms with E-state index in [2.05, 4.69) is 8.75 Å². The van der Waals surface area contributed by atoms with Gasteiger partial charge in [0, 0.05) is 18.6 Å². The average Bonchev–Trinajstić information content (AvgIpc) is 3.17. The van der Waals surface area contributed by atoms with Crippen LogP contribution in [0, 0.1) is 0 Å². The number of halogens is 2. The van der Waals surface area contributed by atoms with E-state index in [9.17, 15) is 9.59 Å². The summed E-state index contributed by atoms with van der Waals surface area (Å²) < 4.78 is 25.1. The molecule has 1 aliphatic heterocycles. The zero-order chi connectivity index (χ0) is 21.4. The van der Waals surface area contributed by atoms with E-state index in [0.717, 1.165) is 11.7 Å². The molecular formula is C17H26Cl2N4O5S. The zero-order valence-corrected chi connectivity index (χ0v) is 19.1. The molecule has 0 spiro atoms. The number of esters is 1. The molecule has 1 aromatic heterocycles. The minimum Gasteiger partial charge on any atom is -0.470 e. The summed E-state index contributed by atoms with van der Waals surface area (Å²) in [7, 11) is 0. The summed E-state index contributed by atoms with van der Waals surface area (Å²) in [5.41, 5.74) is -0.515. The second kappa shape index (κ2) is 11.1. The summed E-state index contributed by atoms with van der Waals surface area (Å²) in [4.78, 5) is 27.7. The Bertz CT molecular complexity index is 679. The molecule has 9 nitrogen and oxygen atoms in total. The fraction of sp³-hybridized carbons (Fsp3) is 0.765. The molecule has 2 rings (SSSR count). The van der Waals surface area contributed by atoms with Crippen LogP contribution >= 0.6 is 34.9 Å². The lowest BCUT2D eigenvalue weighted by molar-refractivity contribution is -0.152. The Balaban J connectivity index is 2.10. The van der Waals surface area contributed by atoms with Gasteiger partial charge in [-0.15, -0.1) is 27.6 Å². The Labute approximate surface area is 184 Å². The normalized spacial score (nSPS) is 15.7. The number of hydrogen-bond donors (Lipinski definition) is 0. The van der Waals surface area contributed by atoms with Crippen LogP contribution in [0.3, 0.4) is 0 Å². The summed E-state index contributed by atoms with van der Waals surface area (Å²) in [5, 5.41) is 0. The van der Waals surface area contributed by atoms with Crippen molar-refractivity contribution in [3.63, 3.8) is 0 Å². The SMILES string of the molecule is CC(C)(C)N(C[C@@H](COc1nsnc1N1CCOCC1)OC(=O)CCl)C(=O)CCl. The van der Waals surface area contributed by atoms with Crippen molar-refractivity contribution in [1.29, 1.82) is 0 Å². The van der Waals surface area contributed by atoms with Crippen LogP contribution < -0.4 is 9.64 Å². The number of morpholine rings is 1. The van der Waals surface area contributed by atoms with Crippen LogP contribution in [0.5, 0.6) is 5.88 Å². The zero-order valence-electron chi connectivity index (χ0n) is 16.7. The molecule has 0 N–H and O–H groups in total. The van der Waals surface area contributed by atoms with Gasteiger partial charge in [0.05, 0.1) is 31.5 Å². The number of rotatable bonds is 9. The first-order valence-electron chi connectivity index (χ1n) is 9.16. The highest BCUT2D eigenvalue weighted by Crippen LogP contribution is 2.26. The van der Waals surface area contributed by atoms with Gasteiger partial charge in [-0.25, -0.2) is 0 Å². The largest absolute Gasteiger partial charge is 0.470 e. The number of carbonyl (C=O) groups is 2. The van der Waals surface area contributed by atoms with E-state index in [0.29, 0.717) is 38.0 Å². The molecule has 29 heavy (non-hydrogen) atoms. The summed E-state index contributed by atoms with van der Waals surface area (Å²) in [6.07, 6.45) is -0.744. The van der Waals surface area contributed by atoms with Crippen molar-refractivity contribution >= 4 is 52.6 Å². The van der Waals surface area contributed by atoms with Crippen LogP contribution in [0.2, 0.25) is 0 Å². The van der Waals surface area contributed by atoms with E-state index in [1.165, 1.54) is 0 Å². The number of amides is 1. The third kappa shape index (κ3) is 7.13. The minimum atomic E-state index is -0.744. The first-order valence-corrected chi connectivity index (χ1v) is 11.0. The van der Waals surface area contributed by atoms with Crippen LogP contribution in [-0.4, -0.2) is 88.4 Å². The third-order valence-corrected chi connectivity index (χ3v) is 5.13. The third-order valence-electron chi connectivity index (χ3n) is 4.18. The van der Waals surface area contributed by atoms with Crippen LogP contribution in [0.25, 0.3) is 0 Å². The van der Waals surface area contributed by atoms with E-state index in [-0.39, 0.29) is 30.8 Å². The second-order valence-electron chi connectivity index (χ2n) is 7.36. The molecule has 1 atom stereocenters. The summed E-state index contributed by atoms with van der Waals surface area (Å²) in [5.74, 6) is -0.356. The number of carbonyl (C=O) groups excluding carboxylic acids is 2. The highest BCUT2D eigenvalue weighted by Gasteiger charge is 2.31. The van der Waals surface area contributed by atoms with Crippen LogP contribution in [0.4, 0.5) is 5.82 Å². The monoisotopic (exact) mass is 468 g/mol. The van der Waals surface area contributed by atoms with E-state index in [1.54, 1.807) is 4.90 Å². The number of aromatic nitrogens is 2. The maximum atomic E-state index is 12.3. The first kappa shape index (κ1) is 23.9. The standard InChI is InChI=1S/C17H26Cl2N4O5S/c1-17(2,3)23(13(24)8-18)10-12(28-14(25)9-19)11-27-16-15(20-29-21-16)22-4-6-26-7-5-22/h12H,4-11H2,1-3H3/t12-/m0/s1. The Hall–Kier alpha value is -1.36. The van der Waals surface area contributed by atoms with E-state index in [1.807, 2.05) is 25.7 Å². The van der Waals surface area contributed by atoms with Crippen LogP contribution in [-0.2, 0) is 19.1 Å². The van der Waals surface area contributed by atoms with Crippen molar-refractivity contribution < 1.29 is 23.8 Å². The molecule has 0 unspecified atom stereocenters. The molecule has 1 amide bonds. The average molecular weight is 469 g/mol. The van der Waals surface area contributed by atoms with Gasteiger partial charge in [0.1, 0.15) is 18.4 Å². The number of nitrogens with zero attached hydrogens (tertiary/aromatic N) is 4. The molecule has 0 bridgehead atoms. The van der Waals surface area contributed by atoms with Crippen LogP contribution in [0.1, 0.15) is 20.8 Å². The maximum absolute atomic E-state index is 12.3. The van der Waals surface area contributed by atoms with Crippen molar-refractivity contribution in [3.05, 3.63) is 0 Å². The van der Waals surface area contributed by atoms with Gasteiger partial charge in [0.15, 0.2) is 6.10 Å². The van der Waals surface area contributed by atoms with Crippen molar-refractivity contribution in [1.82, 2.24) is 13.6 Å². The first-order chi connectivity index (χ1) is 13.8. The Morgan fingerprint density at radius 2 is 1.93 bits per heavy atom. The van der Waals surface area contributed by atoms with Crippen LogP contribution in [0.15, 0.2) is 0 Å². The van der Waals surface area contributed by atoms with Crippen molar-refractivity contribution in [2.75, 3.05) is 56.1 Å². The fourth-order valence-electron chi connectivity index (χ4n) is 2.77. The number of ether oxygens (including phenoxy) is 3. The molecule has 0 aromatic carbocycles. The van der Waals surface area contributed by atoms with E-state index in [4.69, 9.17) is 37.4 Å². The van der Waals surface area contributed by atoms with Gasteiger partial charge in [-0.1, -0.05) is 0 Å². The van der Waals surface area contributed by atoms with Crippen molar-refractivity contribution in [2.45, 2.75) is 32.4 Å². The quantitative estimate of drug-likeness (QED) is 0.399. The fourth-order valence-corrected chi connectivity index (χ4v) is 3.50. The molecule has 2 heterocycles. The molecular weight excluding hydrogens is 443 g/mol. The molecule has 1 saturated heterocycles. The van der Waals surface area contributed by atoms with Crippen molar-refractivity contribution in [3.8, 4) is 5.88 Å². The Morgan fingerprint density at radius 1 is 1.24 bits per heavy atom. The summed E-state index contributed by atoms with van der Waals surface area (Å²) in [6.45, 7) is 8.32. The number of alkyl halides is 2. The Kier molecular flexibility index (Phi) is 9.19. The smallest absolute Gasteiger partial charge is 0.321 e. The van der Waals surface area contributed by atoms with E-state index >= 15 is 0 Å². The molecule has 0 aliphatic carbocycles. The molecule has 1 aliphatic rings. The predicted molar refractivity (Wildman–Crippen MR) is 111 cm³/mol. The summed E-state index contributed by atoms with van der Waals surface area (Å²) >= 11 is 12.4. The van der Waals surface area contributed by atoms with E-state index < -0.39 is 17.6 Å². The molecule has 0 saturated carbocycles. The molecule has 0 radical (unpaired) electrons. The molecule has 1 fully saturated rings. The molecule has 1 aromatic rings. The molecule has 12 heteroatoms. The lowest BCUT2D eigenvalue weighted by atomic mass is 10.1. The van der Waals surface area contributed by atoms with Crippen molar-refractivity contribution in [2.24, 2.45) is 0 Å². The van der Waals surface area contributed by atoms with Gasteiger partial charge in [-0.3, -0.25) is 9.59 Å². The van der Waals surface area contributed by atoms with Gasteiger partial charge < -0.3 is 24.0 Å². The lowest BCUT2D eigenvalue weighted by Gasteiger charge is -2.37. The minimum absolute atomic E-state index is 0.00642. The Morgan fingerprint density at radius 3 is 2.52 bits per heavy atom. The highest BCUT2D eigenvalue weighted by molar-refractivity contribution is 6.99. The van der Waals surface area contributed by atoms with Gasteiger partial charge in [0.2, 0.25) is 11.7 Å². The maximum Gasteiger partial charge on any atom is 0.321 e. The summed E-state index contributed by atoms with van der Waals surface area (Å²) in [6, 6.07) is 0. The second-order valence-corrected chi connectivity index (χ2v) is 8.42. The lowest BCUT2D eigenvalue weighted by Crippen LogP contribution is -2.51. The number of hydrogen-bond acceptors (Lipinski definition) is 9. The van der Waals surface area contributed by atoms with Gasteiger partial charge in [0.25, 0.3) is 5.88 Å². The predicted octanol–water partition coefficient (Wildman–Crippen LogP) is 1.77. The number of anilines is 1. The molecule has 164 valence electrons. The van der Waals surface area contributed by atoms with Gasteiger partial charge >= 0.3 is 5.97 Å². The van der Waals surface area contributed by atoms with Gasteiger partial charge in [-0.2, -0.15) is 4.37 Å². The highest BCUT2D eigenvalue weighted by atomic mass is 35.5. The van der Waals surface area contributed by atoms with Gasteiger partial charge in [-0.05, 0) is 20.8 Å².